The van der Waals surface area contributed by atoms with Crippen LogP contribution < -0.4 is 0 Å². The van der Waals surface area contributed by atoms with E-state index in [4.69, 9.17) is 5.11 Å². The number of aliphatic hydroxyl groups excluding tert-OH is 1. The summed E-state index contributed by atoms with van der Waals surface area (Å²) in [6, 6.07) is 6.69. The van der Waals surface area contributed by atoms with Crippen LogP contribution in [0.4, 0.5) is 0 Å². The SMILES string of the molecule is CC.CC(C)O.Cc1ccc2c(c1)CN(C1CCCCC1)C2=O. The minimum absolute atomic E-state index is 0.167. The third-order valence-electron chi connectivity index (χ3n) is 4.11. The summed E-state index contributed by atoms with van der Waals surface area (Å²) < 4.78 is 0. The van der Waals surface area contributed by atoms with Gasteiger partial charge in [0.1, 0.15) is 0 Å². The molecular weight excluding hydrogens is 286 g/mol. The first kappa shape index (κ1) is 19.7. The zero-order valence-electron chi connectivity index (χ0n) is 15.4. The van der Waals surface area contributed by atoms with Crippen molar-refractivity contribution in [2.24, 2.45) is 0 Å². The molecule has 23 heavy (non-hydrogen) atoms. The van der Waals surface area contributed by atoms with Gasteiger partial charge in [-0.1, -0.05) is 50.8 Å². The Labute approximate surface area is 141 Å². The molecule has 3 nitrogen and oxygen atoms in total. The quantitative estimate of drug-likeness (QED) is 0.815. The summed E-state index contributed by atoms with van der Waals surface area (Å²) >= 11 is 0. The Morgan fingerprint density at radius 3 is 2.26 bits per heavy atom. The van der Waals surface area contributed by atoms with E-state index in [1.54, 1.807) is 13.8 Å². The molecular formula is C20H33NO2. The van der Waals surface area contributed by atoms with Crippen LogP contribution in [0.25, 0.3) is 0 Å². The van der Waals surface area contributed by atoms with E-state index in [2.05, 4.69) is 17.9 Å². The van der Waals surface area contributed by atoms with Crippen LogP contribution in [0.2, 0.25) is 0 Å². The highest BCUT2D eigenvalue weighted by Gasteiger charge is 2.32. The van der Waals surface area contributed by atoms with Crippen molar-refractivity contribution in [3.63, 3.8) is 0 Å². The van der Waals surface area contributed by atoms with Gasteiger partial charge in [-0.05, 0) is 45.2 Å². The van der Waals surface area contributed by atoms with Gasteiger partial charge in [0.15, 0.2) is 0 Å². The van der Waals surface area contributed by atoms with Crippen LogP contribution in [-0.4, -0.2) is 28.1 Å². The molecule has 1 aliphatic heterocycles. The maximum atomic E-state index is 12.3. The van der Waals surface area contributed by atoms with E-state index in [1.165, 1.54) is 43.2 Å². The zero-order valence-corrected chi connectivity index (χ0v) is 15.4. The fraction of sp³-hybridized carbons (Fsp3) is 0.650. The normalized spacial score (nSPS) is 17.2. The van der Waals surface area contributed by atoms with E-state index in [0.717, 1.165) is 12.1 Å². The van der Waals surface area contributed by atoms with Crippen LogP contribution >= 0.6 is 0 Å². The van der Waals surface area contributed by atoms with Crippen molar-refractivity contribution >= 4 is 5.91 Å². The molecule has 1 N–H and O–H groups in total. The first-order valence-corrected chi connectivity index (χ1v) is 9.07. The monoisotopic (exact) mass is 319 g/mol. The molecule has 0 atom stereocenters. The number of fused-ring (bicyclic) bond motifs is 1. The van der Waals surface area contributed by atoms with E-state index in [0.29, 0.717) is 6.04 Å². The molecule has 0 radical (unpaired) electrons. The second-order valence-electron chi connectivity index (χ2n) is 6.48. The van der Waals surface area contributed by atoms with Gasteiger partial charge in [-0.15, -0.1) is 0 Å². The molecule has 1 aromatic carbocycles. The maximum absolute atomic E-state index is 12.3. The lowest BCUT2D eigenvalue weighted by Gasteiger charge is -2.30. The van der Waals surface area contributed by atoms with Crippen LogP contribution in [0, 0.1) is 6.92 Å². The lowest BCUT2D eigenvalue weighted by molar-refractivity contribution is 0.0660. The highest BCUT2D eigenvalue weighted by molar-refractivity contribution is 5.98. The molecule has 130 valence electrons. The fourth-order valence-electron chi connectivity index (χ4n) is 3.16. The van der Waals surface area contributed by atoms with Gasteiger partial charge in [-0.25, -0.2) is 0 Å². The van der Waals surface area contributed by atoms with Crippen LogP contribution in [0.5, 0.6) is 0 Å². The zero-order chi connectivity index (χ0) is 17.4. The van der Waals surface area contributed by atoms with Crippen LogP contribution in [0.1, 0.15) is 81.3 Å². The van der Waals surface area contributed by atoms with Gasteiger partial charge in [0.05, 0.1) is 0 Å². The smallest absolute Gasteiger partial charge is 0.254 e. The Hall–Kier alpha value is -1.35. The summed E-state index contributed by atoms with van der Waals surface area (Å²) in [4.78, 5) is 14.4. The van der Waals surface area contributed by atoms with Crippen LogP contribution in [0.3, 0.4) is 0 Å². The predicted octanol–water partition coefficient (Wildman–Crippen LogP) is 4.70. The third kappa shape index (κ3) is 5.65. The first-order valence-electron chi connectivity index (χ1n) is 9.07. The minimum Gasteiger partial charge on any atom is -0.394 e. The van der Waals surface area contributed by atoms with Crippen molar-refractivity contribution in [1.29, 1.82) is 0 Å². The summed E-state index contributed by atoms with van der Waals surface area (Å²) in [7, 11) is 0. The second kappa shape index (κ2) is 9.71. The third-order valence-corrected chi connectivity index (χ3v) is 4.11. The Kier molecular flexibility index (Phi) is 8.32. The average molecular weight is 319 g/mol. The van der Waals surface area contributed by atoms with Gasteiger partial charge in [0.2, 0.25) is 0 Å². The number of amides is 1. The Balaban J connectivity index is 0.000000388. The molecule has 0 unspecified atom stereocenters. The lowest BCUT2D eigenvalue weighted by Crippen LogP contribution is -2.36. The number of benzene rings is 1. The van der Waals surface area contributed by atoms with Crippen molar-refractivity contribution in [3.8, 4) is 0 Å². The summed E-state index contributed by atoms with van der Waals surface area (Å²) in [6.45, 7) is 10.4. The molecule has 1 amide bonds. The van der Waals surface area contributed by atoms with Gasteiger partial charge in [0, 0.05) is 24.3 Å². The van der Waals surface area contributed by atoms with Gasteiger partial charge in [0.25, 0.3) is 5.91 Å². The largest absolute Gasteiger partial charge is 0.394 e. The van der Waals surface area contributed by atoms with Crippen molar-refractivity contribution < 1.29 is 9.90 Å². The Morgan fingerprint density at radius 1 is 1.13 bits per heavy atom. The molecule has 0 aromatic heterocycles. The number of carbonyl (C=O) groups is 1. The molecule has 1 heterocycles. The molecule has 1 aromatic rings. The summed E-state index contributed by atoms with van der Waals surface area (Å²) in [6.07, 6.45) is 6.12. The number of aryl methyl sites for hydroxylation is 1. The molecule has 2 aliphatic rings. The van der Waals surface area contributed by atoms with Gasteiger partial charge in [-0.2, -0.15) is 0 Å². The molecule has 3 heteroatoms. The Bertz CT molecular complexity index is 488. The minimum atomic E-state index is -0.167. The summed E-state index contributed by atoms with van der Waals surface area (Å²) in [5.74, 6) is 0.256. The van der Waals surface area contributed by atoms with Gasteiger partial charge < -0.3 is 10.0 Å². The highest BCUT2D eigenvalue weighted by Crippen LogP contribution is 2.31. The number of aliphatic hydroxyl groups is 1. The second-order valence-corrected chi connectivity index (χ2v) is 6.48. The lowest BCUT2D eigenvalue weighted by atomic mass is 9.94. The molecule has 1 saturated carbocycles. The van der Waals surface area contributed by atoms with Gasteiger partial charge in [-0.3, -0.25) is 4.79 Å². The van der Waals surface area contributed by atoms with E-state index in [1.807, 2.05) is 26.0 Å². The van der Waals surface area contributed by atoms with Crippen molar-refractivity contribution in [2.45, 2.75) is 85.4 Å². The molecule has 1 aliphatic carbocycles. The number of hydrogen-bond acceptors (Lipinski definition) is 2. The molecule has 0 bridgehead atoms. The van der Waals surface area contributed by atoms with Crippen LogP contribution in [-0.2, 0) is 6.54 Å². The number of nitrogens with zero attached hydrogens (tertiary/aromatic N) is 1. The topological polar surface area (TPSA) is 40.5 Å². The van der Waals surface area contributed by atoms with E-state index in [-0.39, 0.29) is 12.0 Å². The van der Waals surface area contributed by atoms with Crippen molar-refractivity contribution in [1.82, 2.24) is 4.90 Å². The van der Waals surface area contributed by atoms with Crippen molar-refractivity contribution in [2.75, 3.05) is 0 Å². The van der Waals surface area contributed by atoms with Gasteiger partial charge >= 0.3 is 0 Å². The molecule has 3 rings (SSSR count). The number of rotatable bonds is 1. The van der Waals surface area contributed by atoms with E-state index < -0.39 is 0 Å². The van der Waals surface area contributed by atoms with Crippen molar-refractivity contribution in [3.05, 3.63) is 34.9 Å². The highest BCUT2D eigenvalue weighted by atomic mass is 16.3. The maximum Gasteiger partial charge on any atom is 0.254 e. The molecule has 0 spiro atoms. The predicted molar refractivity (Wildman–Crippen MR) is 96.6 cm³/mol. The number of hydrogen-bond donors (Lipinski definition) is 1. The number of carbonyl (C=O) groups excluding carboxylic acids is 1. The average Bonchev–Trinajstić information content (AvgIpc) is 2.86. The summed E-state index contributed by atoms with van der Waals surface area (Å²) in [5, 5.41) is 8.06. The molecule has 1 fully saturated rings. The van der Waals surface area contributed by atoms with E-state index in [9.17, 15) is 4.79 Å². The standard InChI is InChI=1S/C15H19NO.C3H8O.C2H6/c1-11-7-8-14-12(9-11)10-16(15(14)17)13-5-3-2-4-6-13;1-3(2)4;1-2/h7-9,13H,2-6,10H2,1H3;3-4H,1-2H3;1-2H3. The van der Waals surface area contributed by atoms with E-state index >= 15 is 0 Å². The first-order chi connectivity index (χ1) is 11.0. The summed E-state index contributed by atoms with van der Waals surface area (Å²) in [5.41, 5.74) is 3.41. The Morgan fingerprint density at radius 2 is 1.70 bits per heavy atom. The molecule has 0 saturated heterocycles. The fourth-order valence-corrected chi connectivity index (χ4v) is 3.16. The van der Waals surface area contributed by atoms with Crippen LogP contribution in [0.15, 0.2) is 18.2 Å².